The Labute approximate surface area is 605 Å². The molecule has 33 heteroatoms. The molecule has 16 rings (SSSR count). The molecule has 3 saturated heterocycles. The first kappa shape index (κ1) is 71.7. The van der Waals surface area contributed by atoms with Crippen LogP contribution in [-0.4, -0.2) is 169 Å². The molecular weight excluding hydrogens is 1440 g/mol. The number of nitrogens with zero attached hydrogens (tertiary/aromatic N) is 11. The molecule has 3 fully saturated rings. The topological polar surface area (TPSA) is 344 Å². The first-order chi connectivity index (χ1) is 48.4. The van der Waals surface area contributed by atoms with Gasteiger partial charge in [-0.25, -0.2) is 21.6 Å². The summed E-state index contributed by atoms with van der Waals surface area (Å²) in [6.45, 7) is 9.80. The fourth-order valence-electron chi connectivity index (χ4n) is 12.8. The van der Waals surface area contributed by atoms with Crippen molar-refractivity contribution in [1.82, 2.24) is 54.8 Å². The first-order valence-electron chi connectivity index (χ1n) is 32.0. The largest absolute Gasteiger partial charge is 0.481 e. The minimum atomic E-state index is -3.43. The van der Waals surface area contributed by atoms with E-state index >= 15 is 0 Å². The highest BCUT2D eigenvalue weighted by atomic mass is 35.5. The number of amides is 1. The fraction of sp³-hybridized carbons (Fsp3) is 0.279. The highest BCUT2D eigenvalue weighted by molar-refractivity contribution is 7.89. The van der Waals surface area contributed by atoms with Gasteiger partial charge in [-0.2, -0.15) is 19.6 Å². The second-order valence-corrected chi connectivity index (χ2v) is 30.5. The zero-order valence-electron chi connectivity index (χ0n) is 54.8. The maximum atomic E-state index is 11.7. The summed E-state index contributed by atoms with van der Waals surface area (Å²) in [6, 6.07) is 33.7. The number of piperidine rings is 1. The van der Waals surface area contributed by atoms with Gasteiger partial charge in [0.1, 0.15) is 0 Å². The minimum Gasteiger partial charge on any atom is -0.481 e. The zero-order chi connectivity index (χ0) is 71.4. The summed E-state index contributed by atoms with van der Waals surface area (Å²) in [7, 11) is -5.20. The number of piperazine rings is 2. The van der Waals surface area contributed by atoms with Gasteiger partial charge in [0, 0.05) is 138 Å². The number of sulfonamides is 2. The van der Waals surface area contributed by atoms with Gasteiger partial charge in [0.2, 0.25) is 26.0 Å². The number of halogens is 5. The molecule has 9 N–H and O–H groups in total. The Kier molecular flexibility index (Phi) is 21.7. The molecule has 0 bridgehead atoms. The van der Waals surface area contributed by atoms with Crippen molar-refractivity contribution in [2.24, 2.45) is 5.92 Å². The van der Waals surface area contributed by atoms with Gasteiger partial charge in [-0.05, 0) is 121 Å². The van der Waals surface area contributed by atoms with Gasteiger partial charge >= 0.3 is 5.97 Å². The molecule has 4 aliphatic heterocycles. The van der Waals surface area contributed by atoms with E-state index in [1.807, 2.05) is 52.4 Å². The number of aromatic amines is 3. The molecule has 5 aromatic heterocycles. The van der Waals surface area contributed by atoms with E-state index in [0.29, 0.717) is 100 Å². The minimum absolute atomic E-state index is 0.102. The molecule has 0 saturated carbocycles. The van der Waals surface area contributed by atoms with Crippen LogP contribution in [0.3, 0.4) is 0 Å². The number of benzene rings is 7. The van der Waals surface area contributed by atoms with E-state index in [-0.39, 0.29) is 16.7 Å². The number of anilines is 6. The van der Waals surface area contributed by atoms with Crippen LogP contribution in [0.4, 0.5) is 34.4 Å². The Morgan fingerprint density at radius 2 is 0.990 bits per heavy atom. The Bertz CT molecular complexity index is 5240. The average molecular weight is 1510 g/mol. The molecule has 26 nitrogen and oxygen atoms in total. The van der Waals surface area contributed by atoms with Gasteiger partial charge in [0.05, 0.1) is 74.4 Å². The molecule has 0 atom stereocenters. The summed E-state index contributed by atoms with van der Waals surface area (Å²) >= 11 is 30.7. The van der Waals surface area contributed by atoms with Gasteiger partial charge in [0.15, 0.2) is 22.8 Å². The van der Waals surface area contributed by atoms with Crippen LogP contribution in [-0.2, 0) is 42.6 Å². The van der Waals surface area contributed by atoms with Crippen molar-refractivity contribution in [2.45, 2.75) is 37.6 Å². The maximum absolute atomic E-state index is 11.7. The van der Waals surface area contributed by atoms with E-state index in [0.717, 1.165) is 123 Å². The van der Waals surface area contributed by atoms with E-state index in [1.165, 1.54) is 28.7 Å². The van der Waals surface area contributed by atoms with Gasteiger partial charge < -0.3 is 50.1 Å². The van der Waals surface area contributed by atoms with E-state index in [9.17, 15) is 26.4 Å². The predicted octanol–water partition coefficient (Wildman–Crippen LogP) is 12.0. The van der Waals surface area contributed by atoms with Gasteiger partial charge in [-0.3, -0.25) is 24.9 Å². The smallest absolute Gasteiger partial charge is 0.306 e. The summed E-state index contributed by atoms with van der Waals surface area (Å²) < 4.78 is 60.9. The number of nitrogen functional groups attached to an aromatic ring is 2. The number of aliphatic carboxylic acids is 1. The van der Waals surface area contributed by atoms with E-state index < -0.39 is 26.0 Å². The second kappa shape index (κ2) is 30.6. The lowest BCUT2D eigenvalue weighted by atomic mass is 9.96. The monoisotopic (exact) mass is 1510 g/mol. The number of nitrogens with two attached hydrogens (primary N) is 2. The molecule has 4 aliphatic rings. The number of hydrogen-bond acceptors (Lipinski definition) is 19. The zero-order valence-corrected chi connectivity index (χ0v) is 60.2. The highest BCUT2D eigenvalue weighted by Gasteiger charge is 2.29. The summed E-state index contributed by atoms with van der Waals surface area (Å²) in [5, 5.41) is 45.1. The van der Waals surface area contributed by atoms with E-state index in [1.54, 1.807) is 67.8 Å². The standard InChI is InChI=1S/C16H14ClN3.C14H12ClN3O2S.C13H15ClN4O2.C13H14ClN3O2.C12H15ClN4O3S/c17-13-7-15-14(9-18-19-15)16(8-13)20-6-5-11-3-1-2-4-12(11)10-20;1-16-21(19,20)11-4-2-9(3-5-11)12-6-10(15)7-14-13(12)8-17-18-14;1-8(19)17-2-4-18(5-3-17)11-7-9(14)6-10-12(11)20-16-13(10)15;14-9-5-11-10(7-15-16-11)12(6-9)17-3-1-8(2-4-17)13(18)19;1-21(18,19)17-4-2-16(3-5-17)10-7-8(13)6-9-11(10)20-15-12(9)14/h1-4,7-9H,5-6,10H2,(H,18,19);2-8,16H,1H3,(H,17,18);6-7H,2-5H2,1H3,(H2,15,16);5-8H,1-4H2,(H,15,16)(H,18,19);6-7H,2-5H2,1H3,(H2,14,15). The lowest BCUT2D eigenvalue weighted by molar-refractivity contribution is -0.142. The van der Waals surface area contributed by atoms with Crippen LogP contribution in [0.1, 0.15) is 30.9 Å². The number of carbonyl (C=O) groups excluding carboxylic acids is 1. The lowest BCUT2D eigenvalue weighted by Crippen LogP contribution is -2.48. The fourth-order valence-corrected chi connectivity index (χ4v) is 15.4. The van der Waals surface area contributed by atoms with Crippen molar-refractivity contribution >= 4 is 179 Å². The maximum Gasteiger partial charge on any atom is 0.306 e. The molecule has 101 heavy (non-hydrogen) atoms. The third-order valence-electron chi connectivity index (χ3n) is 18.1. The number of aromatic nitrogens is 8. The first-order valence-corrected chi connectivity index (χ1v) is 37.2. The van der Waals surface area contributed by atoms with Crippen LogP contribution >= 0.6 is 58.0 Å². The number of carboxylic acid groups (broad SMARTS) is 1. The van der Waals surface area contributed by atoms with Gasteiger partial charge in [-0.1, -0.05) is 105 Å². The number of fused-ring (bicyclic) bond motifs is 6. The van der Waals surface area contributed by atoms with Crippen molar-refractivity contribution in [3.8, 4) is 11.1 Å². The van der Waals surface area contributed by atoms with Crippen molar-refractivity contribution < 1.29 is 40.6 Å². The van der Waals surface area contributed by atoms with Crippen molar-refractivity contribution in [1.29, 1.82) is 0 Å². The van der Waals surface area contributed by atoms with Crippen LogP contribution in [0.15, 0.2) is 142 Å². The number of carbonyl (C=O) groups is 2. The molecular formula is C68H70Cl5N17O9S2. The van der Waals surface area contributed by atoms with Crippen LogP contribution in [0.25, 0.3) is 65.8 Å². The SMILES string of the molecule is CC(=O)N1CCN(c2cc(Cl)cc3c(N)noc23)CC1.CNS(=O)(=O)c1ccc(-c2cc(Cl)cc3[nH]ncc23)cc1.CS(=O)(=O)N1CCN(c2cc(Cl)cc3c(N)noc23)CC1.Clc1cc(N2CCc3ccccc3C2)c2cn[nH]c2c1.O=C(O)C1CCN(c2cc(Cl)cc3[nH]ncc23)CC1. The number of H-pyrrole nitrogens is 3. The normalized spacial score (nSPS) is 15.3. The van der Waals surface area contributed by atoms with Crippen LogP contribution < -0.4 is 35.8 Å². The molecule has 0 unspecified atom stereocenters. The van der Waals surface area contributed by atoms with Crippen molar-refractivity contribution in [2.75, 3.05) is 116 Å². The summed E-state index contributed by atoms with van der Waals surface area (Å²) in [6.07, 6.45) is 9.01. The molecule has 0 spiro atoms. The van der Waals surface area contributed by atoms with Crippen LogP contribution in [0, 0.1) is 5.92 Å². The number of rotatable bonds is 9. The Morgan fingerprint density at radius 3 is 1.49 bits per heavy atom. The van der Waals surface area contributed by atoms with Gasteiger partial charge in [0.25, 0.3) is 0 Å². The molecule has 12 aromatic rings. The van der Waals surface area contributed by atoms with Crippen LogP contribution in [0.2, 0.25) is 25.1 Å². The Balaban J connectivity index is 0.000000119. The second-order valence-electron chi connectivity index (χ2n) is 24.4. The summed E-state index contributed by atoms with van der Waals surface area (Å²) in [5.41, 5.74) is 24.0. The number of carboxylic acids is 1. The van der Waals surface area contributed by atoms with E-state index in [4.69, 9.17) is 83.6 Å². The molecule has 528 valence electrons. The average Bonchev–Trinajstić information content (AvgIpc) is 1.67. The molecule has 7 aromatic carbocycles. The molecule has 0 radical (unpaired) electrons. The molecule has 9 heterocycles. The Morgan fingerprint density at radius 1 is 0.545 bits per heavy atom. The molecule has 1 amide bonds. The third-order valence-corrected chi connectivity index (χ3v) is 22.0. The predicted molar refractivity (Wildman–Crippen MR) is 399 cm³/mol. The summed E-state index contributed by atoms with van der Waals surface area (Å²) in [5.74, 6) is -0.186. The lowest BCUT2D eigenvalue weighted by Gasteiger charge is -2.35. The highest BCUT2D eigenvalue weighted by Crippen LogP contribution is 2.39. The quantitative estimate of drug-likeness (QED) is 0.0706. The van der Waals surface area contributed by atoms with Crippen molar-refractivity contribution in [3.63, 3.8) is 0 Å². The van der Waals surface area contributed by atoms with E-state index in [2.05, 4.69) is 84.6 Å². The van der Waals surface area contributed by atoms with Gasteiger partial charge in [-0.15, -0.1) is 0 Å². The summed E-state index contributed by atoms with van der Waals surface area (Å²) in [4.78, 5) is 33.1. The Hall–Kier alpha value is -9.10. The molecule has 0 aliphatic carbocycles. The van der Waals surface area contributed by atoms with Crippen LogP contribution in [0.5, 0.6) is 0 Å². The van der Waals surface area contributed by atoms with Crippen molar-refractivity contribution in [3.05, 3.63) is 164 Å². The number of hydrogen-bond donors (Lipinski definition) is 7. The third kappa shape index (κ3) is 16.3. The number of nitrogens with one attached hydrogen (secondary N) is 4.